The minimum atomic E-state index is 0.683. The van der Waals surface area contributed by atoms with Crippen LogP contribution in [0.1, 0.15) is 58.4 Å². The molecule has 1 aliphatic rings. The van der Waals surface area contributed by atoms with Crippen molar-refractivity contribution < 1.29 is 0 Å². The van der Waals surface area contributed by atoms with Gasteiger partial charge in [0.05, 0.1) is 6.54 Å². The van der Waals surface area contributed by atoms with Crippen LogP contribution in [0.25, 0.3) is 0 Å². The van der Waals surface area contributed by atoms with Gasteiger partial charge in [-0.1, -0.05) is 13.8 Å². The van der Waals surface area contributed by atoms with E-state index in [2.05, 4.69) is 53.4 Å². The lowest BCUT2D eigenvalue weighted by Gasteiger charge is -2.27. The third-order valence-corrected chi connectivity index (χ3v) is 4.50. The number of aliphatic imine (C=N–C) groups is 1. The third-order valence-electron chi connectivity index (χ3n) is 4.50. The molecule has 1 saturated heterocycles. The first kappa shape index (κ1) is 19.5. The summed E-state index contributed by atoms with van der Waals surface area (Å²) in [7, 11) is 0. The Morgan fingerprint density at radius 2 is 2.04 bits per heavy atom. The molecule has 0 aliphatic carbocycles. The van der Waals surface area contributed by atoms with Crippen molar-refractivity contribution in [1.82, 2.24) is 15.6 Å². The Hall–Kier alpha value is -1.78. The van der Waals surface area contributed by atoms with Crippen LogP contribution in [0.3, 0.4) is 0 Å². The first-order valence-electron chi connectivity index (χ1n) is 9.91. The van der Waals surface area contributed by atoms with E-state index in [0.29, 0.717) is 6.54 Å². The molecule has 140 valence electrons. The number of pyridine rings is 1. The second kappa shape index (κ2) is 11.0. The number of rotatable bonds is 8. The van der Waals surface area contributed by atoms with Crippen molar-refractivity contribution in [3.63, 3.8) is 0 Å². The molecule has 5 nitrogen and oxygen atoms in total. The molecule has 25 heavy (non-hydrogen) atoms. The summed E-state index contributed by atoms with van der Waals surface area (Å²) >= 11 is 0. The lowest BCUT2D eigenvalue weighted by atomic mass is 10.1. The molecular formula is C20H35N5. The zero-order valence-corrected chi connectivity index (χ0v) is 16.2. The van der Waals surface area contributed by atoms with E-state index in [-0.39, 0.29) is 0 Å². The van der Waals surface area contributed by atoms with E-state index in [1.54, 1.807) is 0 Å². The fourth-order valence-corrected chi connectivity index (χ4v) is 3.08. The van der Waals surface area contributed by atoms with Gasteiger partial charge >= 0.3 is 0 Å². The topological polar surface area (TPSA) is 52.6 Å². The summed E-state index contributed by atoms with van der Waals surface area (Å²) < 4.78 is 0. The molecule has 0 radical (unpaired) electrons. The number of guanidine groups is 1. The van der Waals surface area contributed by atoms with Crippen molar-refractivity contribution in [3.05, 3.63) is 23.9 Å². The number of piperidine rings is 1. The summed E-state index contributed by atoms with van der Waals surface area (Å²) in [6.45, 7) is 11.4. The van der Waals surface area contributed by atoms with E-state index >= 15 is 0 Å². The van der Waals surface area contributed by atoms with Crippen LogP contribution in [0, 0.1) is 5.92 Å². The van der Waals surface area contributed by atoms with Crippen LogP contribution in [0.2, 0.25) is 0 Å². The van der Waals surface area contributed by atoms with Gasteiger partial charge in [0.2, 0.25) is 0 Å². The van der Waals surface area contributed by atoms with Gasteiger partial charge in [0, 0.05) is 32.4 Å². The van der Waals surface area contributed by atoms with Gasteiger partial charge in [0.15, 0.2) is 5.96 Å². The van der Waals surface area contributed by atoms with E-state index in [1.807, 2.05) is 6.20 Å². The van der Waals surface area contributed by atoms with Crippen molar-refractivity contribution >= 4 is 11.8 Å². The van der Waals surface area contributed by atoms with Gasteiger partial charge in [0.25, 0.3) is 0 Å². The van der Waals surface area contributed by atoms with E-state index in [1.165, 1.54) is 37.7 Å². The molecule has 0 saturated carbocycles. The Morgan fingerprint density at radius 3 is 2.76 bits per heavy atom. The second-order valence-electron chi connectivity index (χ2n) is 7.23. The summed E-state index contributed by atoms with van der Waals surface area (Å²) in [5.74, 6) is 2.76. The van der Waals surface area contributed by atoms with Gasteiger partial charge in [-0.05, 0) is 62.6 Å². The van der Waals surface area contributed by atoms with Crippen LogP contribution in [0.5, 0.6) is 0 Å². The Balaban J connectivity index is 1.89. The largest absolute Gasteiger partial charge is 0.357 e. The van der Waals surface area contributed by atoms with Gasteiger partial charge < -0.3 is 15.5 Å². The van der Waals surface area contributed by atoms with Crippen molar-refractivity contribution in [2.24, 2.45) is 10.9 Å². The molecule has 0 amide bonds. The molecule has 1 aromatic rings. The Kier molecular flexibility index (Phi) is 8.56. The Labute approximate surface area is 153 Å². The molecule has 2 heterocycles. The molecule has 1 aromatic heterocycles. The third kappa shape index (κ3) is 7.32. The van der Waals surface area contributed by atoms with Gasteiger partial charge in [-0.15, -0.1) is 0 Å². The van der Waals surface area contributed by atoms with Crippen molar-refractivity contribution in [2.45, 2.75) is 59.4 Å². The molecule has 0 bridgehead atoms. The fraction of sp³-hybridized carbons (Fsp3) is 0.700. The average molecular weight is 346 g/mol. The summed E-state index contributed by atoms with van der Waals surface area (Å²) in [5.41, 5.74) is 1.22. The van der Waals surface area contributed by atoms with Gasteiger partial charge in [-0.25, -0.2) is 9.98 Å². The van der Waals surface area contributed by atoms with Gasteiger partial charge in [-0.2, -0.15) is 0 Å². The number of aromatic nitrogens is 1. The summed E-state index contributed by atoms with van der Waals surface area (Å²) in [6, 6.07) is 4.26. The first-order valence-corrected chi connectivity index (χ1v) is 9.91. The summed E-state index contributed by atoms with van der Waals surface area (Å²) in [5, 5.41) is 6.77. The lowest BCUT2D eigenvalue weighted by molar-refractivity contribution is 0.549. The second-order valence-corrected chi connectivity index (χ2v) is 7.23. The highest BCUT2D eigenvalue weighted by atomic mass is 15.2. The fourth-order valence-electron chi connectivity index (χ4n) is 3.08. The molecule has 0 atom stereocenters. The normalized spacial score (nSPS) is 15.5. The van der Waals surface area contributed by atoms with Gasteiger partial charge in [0.1, 0.15) is 5.82 Å². The molecule has 0 spiro atoms. The van der Waals surface area contributed by atoms with E-state index in [9.17, 15) is 0 Å². The minimum Gasteiger partial charge on any atom is -0.357 e. The number of nitrogens with one attached hydrogen (secondary N) is 2. The predicted molar refractivity (Wildman–Crippen MR) is 107 cm³/mol. The van der Waals surface area contributed by atoms with Crippen molar-refractivity contribution in [1.29, 1.82) is 0 Å². The van der Waals surface area contributed by atoms with Crippen LogP contribution in [0.15, 0.2) is 23.3 Å². The van der Waals surface area contributed by atoms with E-state index in [4.69, 9.17) is 4.99 Å². The highest BCUT2D eigenvalue weighted by Gasteiger charge is 2.12. The van der Waals surface area contributed by atoms with Crippen LogP contribution >= 0.6 is 0 Å². The zero-order chi connectivity index (χ0) is 17.9. The SMILES string of the molecule is CCNC(=NCc1ccnc(N2CCCCC2)c1)NCCCC(C)C. The van der Waals surface area contributed by atoms with Crippen LogP contribution in [-0.4, -0.2) is 37.1 Å². The lowest BCUT2D eigenvalue weighted by Crippen LogP contribution is -2.37. The first-order chi connectivity index (χ1) is 12.2. The standard InChI is InChI=1S/C20H35N5/c1-4-21-20(23-11-8-9-17(2)3)24-16-18-10-12-22-19(15-18)25-13-6-5-7-14-25/h10,12,15,17H,4-9,11,13-14,16H2,1-3H3,(H2,21,23,24). The maximum absolute atomic E-state index is 4.73. The van der Waals surface area contributed by atoms with Crippen molar-refractivity contribution in [2.75, 3.05) is 31.1 Å². The van der Waals surface area contributed by atoms with Crippen molar-refractivity contribution in [3.8, 4) is 0 Å². The Morgan fingerprint density at radius 1 is 1.24 bits per heavy atom. The summed E-state index contributed by atoms with van der Waals surface area (Å²) in [6.07, 6.45) is 8.23. The molecule has 1 fully saturated rings. The molecule has 5 heteroatoms. The number of hydrogen-bond acceptors (Lipinski definition) is 3. The molecule has 0 unspecified atom stereocenters. The Bertz CT molecular complexity index is 521. The molecule has 2 N–H and O–H groups in total. The smallest absolute Gasteiger partial charge is 0.191 e. The van der Waals surface area contributed by atoms with E-state index in [0.717, 1.165) is 43.9 Å². The molecular weight excluding hydrogens is 310 g/mol. The highest BCUT2D eigenvalue weighted by Crippen LogP contribution is 2.18. The van der Waals surface area contributed by atoms with E-state index < -0.39 is 0 Å². The zero-order valence-electron chi connectivity index (χ0n) is 16.2. The maximum Gasteiger partial charge on any atom is 0.191 e. The summed E-state index contributed by atoms with van der Waals surface area (Å²) in [4.78, 5) is 11.7. The molecule has 2 rings (SSSR count). The average Bonchev–Trinajstić information content (AvgIpc) is 2.64. The highest BCUT2D eigenvalue weighted by molar-refractivity contribution is 5.79. The number of anilines is 1. The van der Waals surface area contributed by atoms with Crippen LogP contribution in [-0.2, 0) is 6.54 Å². The van der Waals surface area contributed by atoms with Crippen LogP contribution < -0.4 is 15.5 Å². The maximum atomic E-state index is 4.73. The number of hydrogen-bond donors (Lipinski definition) is 2. The minimum absolute atomic E-state index is 0.683. The van der Waals surface area contributed by atoms with Gasteiger partial charge in [-0.3, -0.25) is 0 Å². The predicted octanol–water partition coefficient (Wildman–Crippen LogP) is 3.56. The quantitative estimate of drug-likeness (QED) is 0.430. The van der Waals surface area contributed by atoms with Crippen LogP contribution in [0.4, 0.5) is 5.82 Å². The monoisotopic (exact) mass is 345 g/mol. The number of nitrogens with zero attached hydrogens (tertiary/aromatic N) is 3. The molecule has 1 aliphatic heterocycles. The molecule has 0 aromatic carbocycles.